The van der Waals surface area contributed by atoms with E-state index in [2.05, 4.69) is 26.2 Å². The first-order chi connectivity index (χ1) is 13.1. The predicted octanol–water partition coefficient (Wildman–Crippen LogP) is 3.70. The van der Waals surface area contributed by atoms with Gasteiger partial charge in [0.05, 0.1) is 31.9 Å². The van der Waals surface area contributed by atoms with Crippen LogP contribution in [0.1, 0.15) is 27.1 Å². The van der Waals surface area contributed by atoms with E-state index in [1.807, 2.05) is 53.4 Å². The van der Waals surface area contributed by atoms with Crippen LogP contribution in [0.25, 0.3) is 0 Å². The van der Waals surface area contributed by atoms with E-state index in [1.54, 1.807) is 12.1 Å². The number of para-hydroxylation sites is 2. The minimum atomic E-state index is -0.149. The largest absolute Gasteiger partial charge is 0.309 e. The van der Waals surface area contributed by atoms with Gasteiger partial charge in [-0.25, -0.2) is 0 Å². The van der Waals surface area contributed by atoms with Crippen molar-refractivity contribution in [3.63, 3.8) is 0 Å². The van der Waals surface area contributed by atoms with Crippen LogP contribution in [0.5, 0.6) is 0 Å². The van der Waals surface area contributed by atoms with E-state index in [9.17, 15) is 9.59 Å². The maximum atomic E-state index is 12.7. The molecule has 0 saturated heterocycles. The predicted molar refractivity (Wildman–Crippen MR) is 107 cm³/mol. The second kappa shape index (κ2) is 6.82. The molecular weight excluding hydrogens is 336 g/mol. The highest BCUT2D eigenvalue weighted by Crippen LogP contribution is 2.40. The number of ketones is 2. The molecule has 0 atom stereocenters. The van der Waals surface area contributed by atoms with Gasteiger partial charge in [0.2, 0.25) is 0 Å². The summed E-state index contributed by atoms with van der Waals surface area (Å²) in [5.74, 6) is -0.297. The van der Waals surface area contributed by atoms with Crippen LogP contribution in [0.4, 0.5) is 22.7 Å². The Hall–Kier alpha value is -3.24. The molecule has 4 rings (SSSR count). The zero-order chi connectivity index (χ0) is 19.0. The molecule has 0 saturated carbocycles. The molecule has 0 spiro atoms. The number of nitrogens with zero attached hydrogens (tertiary/aromatic N) is 1. The van der Waals surface area contributed by atoms with Crippen LogP contribution in [-0.2, 0) is 0 Å². The van der Waals surface area contributed by atoms with Crippen molar-refractivity contribution < 1.29 is 14.5 Å². The topological polar surface area (TPSA) is 41.8 Å². The van der Waals surface area contributed by atoms with Crippen molar-refractivity contribution in [2.24, 2.45) is 0 Å². The van der Waals surface area contributed by atoms with Gasteiger partial charge in [-0.15, -0.1) is 0 Å². The maximum Gasteiger partial charge on any atom is 0.172 e. The average molecular weight is 357 g/mol. The third-order valence-corrected chi connectivity index (χ3v) is 4.91. The molecule has 0 bridgehead atoms. The lowest BCUT2D eigenvalue weighted by Crippen LogP contribution is -3.00. The van der Waals surface area contributed by atoms with E-state index in [1.165, 1.54) is 10.6 Å². The molecule has 1 N–H and O–H groups in total. The monoisotopic (exact) mass is 357 g/mol. The molecule has 0 radical (unpaired) electrons. The molecule has 4 nitrogen and oxygen atoms in total. The number of rotatable bonds is 2. The van der Waals surface area contributed by atoms with Crippen LogP contribution in [0.2, 0.25) is 0 Å². The van der Waals surface area contributed by atoms with E-state index in [-0.39, 0.29) is 18.0 Å². The van der Waals surface area contributed by atoms with E-state index in [0.29, 0.717) is 11.1 Å². The zero-order valence-electron chi connectivity index (χ0n) is 15.4. The molecule has 0 amide bonds. The molecule has 0 fully saturated rings. The molecule has 27 heavy (non-hydrogen) atoms. The number of hydrogen-bond donors (Lipinski definition) is 1. The molecule has 134 valence electrons. The van der Waals surface area contributed by atoms with Gasteiger partial charge in [-0.3, -0.25) is 9.59 Å². The molecule has 4 heteroatoms. The van der Waals surface area contributed by atoms with Crippen LogP contribution in [0, 0.1) is 0 Å². The van der Waals surface area contributed by atoms with Crippen molar-refractivity contribution in [1.82, 2.24) is 0 Å². The van der Waals surface area contributed by atoms with Gasteiger partial charge in [-0.05, 0) is 36.4 Å². The van der Waals surface area contributed by atoms with Crippen molar-refractivity contribution in [2.75, 3.05) is 19.0 Å². The van der Waals surface area contributed by atoms with Gasteiger partial charge < -0.3 is 9.80 Å². The van der Waals surface area contributed by atoms with Gasteiger partial charge in [-0.1, -0.05) is 24.3 Å². The summed E-state index contributed by atoms with van der Waals surface area (Å²) in [6.45, 7) is 0. The highest BCUT2D eigenvalue weighted by atomic mass is 16.1. The van der Waals surface area contributed by atoms with Gasteiger partial charge in [0.25, 0.3) is 0 Å². The number of carbonyl (C=O) groups is 2. The van der Waals surface area contributed by atoms with Crippen molar-refractivity contribution in [3.8, 4) is 0 Å². The van der Waals surface area contributed by atoms with E-state index in [4.69, 9.17) is 0 Å². The second-order valence-corrected chi connectivity index (χ2v) is 6.94. The first kappa shape index (κ1) is 17.2. The number of Topliss-reactive ketones (excluding diaryl/α,β-unsaturated/α-hetero) is 2. The number of hydrogen-bond acceptors (Lipinski definition) is 3. The lowest BCUT2D eigenvalue weighted by atomic mass is 9.94. The summed E-state index contributed by atoms with van der Waals surface area (Å²) in [5.41, 5.74) is 4.83. The summed E-state index contributed by atoms with van der Waals surface area (Å²) in [4.78, 5) is 28.7. The highest BCUT2D eigenvalue weighted by molar-refractivity contribution is 6.19. The Morgan fingerprint density at radius 1 is 0.704 bits per heavy atom. The van der Waals surface area contributed by atoms with Crippen LogP contribution in [-0.4, -0.2) is 25.7 Å². The van der Waals surface area contributed by atoms with Crippen LogP contribution < -0.4 is 9.80 Å². The number of fused-ring (bicyclic) bond motifs is 2. The summed E-state index contributed by atoms with van der Waals surface area (Å²) < 4.78 is 0. The smallest absolute Gasteiger partial charge is 0.172 e. The van der Waals surface area contributed by atoms with Gasteiger partial charge in [0.15, 0.2) is 11.6 Å². The lowest BCUT2D eigenvalue weighted by molar-refractivity contribution is -0.786. The lowest BCUT2D eigenvalue weighted by Gasteiger charge is -2.30. The Kier molecular flexibility index (Phi) is 4.34. The number of carbonyl (C=O) groups excluding carboxylic acids is 2. The van der Waals surface area contributed by atoms with Crippen LogP contribution in [0.15, 0.2) is 72.8 Å². The normalized spacial score (nSPS) is 13.8. The third kappa shape index (κ3) is 3.04. The Bertz CT molecular complexity index is 965. The minimum absolute atomic E-state index is 0.106. The van der Waals surface area contributed by atoms with Gasteiger partial charge in [0.1, 0.15) is 5.69 Å². The molecule has 3 aromatic carbocycles. The standard InChI is InChI=1S/C23H20N2O2/c1-24(2)16-11-13-17(14-12-16)25-20-9-5-3-7-18(20)22(26)15-23(27)19-8-4-6-10-21(19)25/h3-14H,15H2,1-2H3/p+1. The number of quaternary nitrogens is 1. The molecule has 1 heterocycles. The Balaban J connectivity index is 1.98. The zero-order valence-corrected chi connectivity index (χ0v) is 15.4. The fraction of sp³-hybridized carbons (Fsp3) is 0.130. The van der Waals surface area contributed by atoms with Crippen molar-refractivity contribution in [3.05, 3.63) is 83.9 Å². The number of benzene rings is 3. The van der Waals surface area contributed by atoms with Gasteiger partial charge in [0, 0.05) is 28.9 Å². The quantitative estimate of drug-likeness (QED) is 0.711. The van der Waals surface area contributed by atoms with Crippen molar-refractivity contribution in [1.29, 1.82) is 0 Å². The Morgan fingerprint density at radius 2 is 1.19 bits per heavy atom. The van der Waals surface area contributed by atoms with Gasteiger partial charge in [-0.2, -0.15) is 0 Å². The molecule has 0 unspecified atom stereocenters. The molecular formula is C23H21N2O2+. The third-order valence-electron chi connectivity index (χ3n) is 4.91. The van der Waals surface area contributed by atoms with Crippen LogP contribution in [0.3, 0.4) is 0 Å². The molecule has 1 aliphatic rings. The maximum absolute atomic E-state index is 12.7. The first-order valence-electron chi connectivity index (χ1n) is 9.01. The second-order valence-electron chi connectivity index (χ2n) is 6.94. The summed E-state index contributed by atoms with van der Waals surface area (Å²) in [7, 11) is 4.15. The fourth-order valence-corrected chi connectivity index (χ4v) is 3.50. The summed E-state index contributed by atoms with van der Waals surface area (Å²) in [5, 5.41) is 0. The van der Waals surface area contributed by atoms with E-state index in [0.717, 1.165) is 17.1 Å². The van der Waals surface area contributed by atoms with E-state index < -0.39 is 0 Å². The molecule has 0 aliphatic carbocycles. The Morgan fingerprint density at radius 3 is 1.67 bits per heavy atom. The Labute approximate surface area is 158 Å². The summed E-state index contributed by atoms with van der Waals surface area (Å²) in [6.07, 6.45) is -0.106. The minimum Gasteiger partial charge on any atom is -0.309 e. The fourth-order valence-electron chi connectivity index (χ4n) is 3.50. The van der Waals surface area contributed by atoms with Crippen LogP contribution >= 0.6 is 0 Å². The number of anilines is 3. The SMILES string of the molecule is C[NH+](C)c1ccc(N2c3ccccc3C(=O)CC(=O)c3ccccc32)cc1. The highest BCUT2D eigenvalue weighted by Gasteiger charge is 2.28. The van der Waals surface area contributed by atoms with Gasteiger partial charge >= 0.3 is 0 Å². The van der Waals surface area contributed by atoms with E-state index >= 15 is 0 Å². The molecule has 0 aromatic heterocycles. The first-order valence-corrected chi connectivity index (χ1v) is 9.01. The summed E-state index contributed by atoms with van der Waals surface area (Å²) >= 11 is 0. The average Bonchev–Trinajstić information content (AvgIpc) is 2.68. The molecule has 3 aromatic rings. The summed E-state index contributed by atoms with van der Waals surface area (Å²) in [6, 6.07) is 23.2. The number of nitrogens with one attached hydrogen (secondary N) is 1. The molecule has 1 aliphatic heterocycles. The van der Waals surface area contributed by atoms with Crippen molar-refractivity contribution >= 4 is 34.3 Å². The van der Waals surface area contributed by atoms with Crippen molar-refractivity contribution in [2.45, 2.75) is 6.42 Å².